The standard InChI is InChI=1S/C18H17ClN4O/c1-11-5-4-7-14-16(11)20-17(21-18(14)24)15(19)10-12-9-13-6-2-3-8-23(13)22-12/h4-5,7,9-10H,2-3,6,8H2,1H3,(H,20,21,24). The van der Waals surface area contributed by atoms with Crippen LogP contribution in [0.5, 0.6) is 0 Å². The second-order valence-electron chi connectivity index (χ2n) is 6.12. The summed E-state index contributed by atoms with van der Waals surface area (Å²) in [5, 5.41) is 5.51. The molecule has 6 heteroatoms. The Labute approximate surface area is 144 Å². The zero-order valence-electron chi connectivity index (χ0n) is 13.3. The predicted molar refractivity (Wildman–Crippen MR) is 96.0 cm³/mol. The van der Waals surface area contributed by atoms with Gasteiger partial charge in [-0.05, 0) is 50.0 Å². The average molecular weight is 341 g/mol. The number of halogens is 1. The van der Waals surface area contributed by atoms with E-state index in [-0.39, 0.29) is 5.56 Å². The fourth-order valence-corrected chi connectivity index (χ4v) is 3.33. The van der Waals surface area contributed by atoms with E-state index >= 15 is 0 Å². The van der Waals surface area contributed by atoms with Crippen molar-refractivity contribution < 1.29 is 0 Å². The van der Waals surface area contributed by atoms with Gasteiger partial charge in [-0.2, -0.15) is 5.10 Å². The first kappa shape index (κ1) is 15.1. The molecule has 3 aromatic rings. The number of para-hydroxylation sites is 1. The molecule has 0 saturated heterocycles. The van der Waals surface area contributed by atoms with Crippen LogP contribution in [0.15, 0.2) is 29.1 Å². The van der Waals surface area contributed by atoms with Crippen molar-refractivity contribution in [2.24, 2.45) is 0 Å². The molecule has 24 heavy (non-hydrogen) atoms. The van der Waals surface area contributed by atoms with E-state index < -0.39 is 0 Å². The number of H-pyrrole nitrogens is 1. The maximum atomic E-state index is 12.3. The van der Waals surface area contributed by atoms with Crippen LogP contribution in [0.4, 0.5) is 0 Å². The topological polar surface area (TPSA) is 63.6 Å². The number of fused-ring (bicyclic) bond motifs is 2. The second-order valence-corrected chi connectivity index (χ2v) is 6.53. The average Bonchev–Trinajstić information content (AvgIpc) is 2.97. The van der Waals surface area contributed by atoms with Gasteiger partial charge in [0.05, 0.1) is 21.6 Å². The number of aromatic nitrogens is 4. The third-order valence-corrected chi connectivity index (χ3v) is 4.66. The third-order valence-electron chi connectivity index (χ3n) is 4.37. The summed E-state index contributed by atoms with van der Waals surface area (Å²) in [6, 6.07) is 7.59. The molecule has 5 nitrogen and oxygen atoms in total. The molecule has 2 aromatic heterocycles. The van der Waals surface area contributed by atoms with Crippen LogP contribution in [0.25, 0.3) is 22.0 Å². The molecule has 1 aliphatic rings. The largest absolute Gasteiger partial charge is 0.305 e. The molecular formula is C18H17ClN4O. The van der Waals surface area contributed by atoms with Gasteiger partial charge in [-0.3, -0.25) is 9.48 Å². The first-order valence-corrected chi connectivity index (χ1v) is 8.43. The smallest absolute Gasteiger partial charge is 0.259 e. The fourth-order valence-electron chi connectivity index (χ4n) is 3.13. The Bertz CT molecular complexity index is 992. The van der Waals surface area contributed by atoms with Gasteiger partial charge < -0.3 is 4.98 Å². The van der Waals surface area contributed by atoms with Crippen LogP contribution in [0, 0.1) is 6.92 Å². The maximum Gasteiger partial charge on any atom is 0.259 e. The van der Waals surface area contributed by atoms with Gasteiger partial charge >= 0.3 is 0 Å². The summed E-state index contributed by atoms with van der Waals surface area (Å²) in [5.41, 5.74) is 3.46. The highest BCUT2D eigenvalue weighted by molar-refractivity contribution is 6.50. The maximum absolute atomic E-state index is 12.3. The highest BCUT2D eigenvalue weighted by atomic mass is 35.5. The molecule has 0 saturated carbocycles. The van der Waals surface area contributed by atoms with Crippen molar-refractivity contribution in [3.8, 4) is 0 Å². The van der Waals surface area contributed by atoms with Crippen LogP contribution >= 0.6 is 11.6 Å². The van der Waals surface area contributed by atoms with E-state index in [1.807, 2.05) is 29.8 Å². The van der Waals surface area contributed by atoms with Crippen molar-refractivity contribution in [1.29, 1.82) is 0 Å². The van der Waals surface area contributed by atoms with Crippen LogP contribution < -0.4 is 5.56 Å². The Hall–Kier alpha value is -2.40. The SMILES string of the molecule is Cc1cccc2c(=O)[nH]c(C(Cl)=Cc3cc4n(n3)CCCC4)nc12. The van der Waals surface area contributed by atoms with Gasteiger partial charge in [0, 0.05) is 12.2 Å². The van der Waals surface area contributed by atoms with E-state index in [4.69, 9.17) is 11.6 Å². The Morgan fingerprint density at radius 2 is 2.25 bits per heavy atom. The zero-order valence-corrected chi connectivity index (χ0v) is 14.1. The van der Waals surface area contributed by atoms with Gasteiger partial charge in [-0.25, -0.2) is 4.98 Å². The summed E-state index contributed by atoms with van der Waals surface area (Å²) >= 11 is 6.41. The molecule has 0 bridgehead atoms. The Kier molecular flexibility index (Phi) is 3.73. The number of rotatable bonds is 2. The normalized spacial score (nSPS) is 14.8. The van der Waals surface area contributed by atoms with E-state index in [0.29, 0.717) is 21.8 Å². The van der Waals surface area contributed by atoms with Crippen LogP contribution in [0.1, 0.15) is 35.6 Å². The number of nitrogens with zero attached hydrogens (tertiary/aromatic N) is 3. The molecular weight excluding hydrogens is 324 g/mol. The number of aromatic amines is 1. The quantitative estimate of drug-likeness (QED) is 0.776. The van der Waals surface area contributed by atoms with E-state index in [1.165, 1.54) is 12.1 Å². The van der Waals surface area contributed by atoms with Gasteiger partial charge in [0.2, 0.25) is 0 Å². The summed E-state index contributed by atoms with van der Waals surface area (Å²) < 4.78 is 2.03. The lowest BCUT2D eigenvalue weighted by Crippen LogP contribution is -2.11. The van der Waals surface area contributed by atoms with Gasteiger partial charge in [-0.1, -0.05) is 23.7 Å². The number of aryl methyl sites for hydroxylation is 3. The third kappa shape index (κ3) is 2.65. The fraction of sp³-hybridized carbons (Fsp3) is 0.278. The summed E-state index contributed by atoms with van der Waals surface area (Å²) in [4.78, 5) is 19.5. The minimum Gasteiger partial charge on any atom is -0.305 e. The molecule has 0 amide bonds. The van der Waals surface area contributed by atoms with Crippen LogP contribution in [-0.4, -0.2) is 19.7 Å². The molecule has 0 radical (unpaired) electrons. The molecule has 0 aliphatic carbocycles. The van der Waals surface area contributed by atoms with Gasteiger partial charge in [-0.15, -0.1) is 0 Å². The van der Waals surface area contributed by atoms with Crippen LogP contribution in [0.3, 0.4) is 0 Å². The lowest BCUT2D eigenvalue weighted by atomic mass is 10.1. The van der Waals surface area contributed by atoms with Crippen molar-refractivity contribution in [1.82, 2.24) is 19.7 Å². The molecule has 1 aliphatic heterocycles. The van der Waals surface area contributed by atoms with Crippen LogP contribution in [0.2, 0.25) is 0 Å². The van der Waals surface area contributed by atoms with Gasteiger partial charge in [0.15, 0.2) is 5.82 Å². The lowest BCUT2D eigenvalue weighted by molar-refractivity contribution is 0.486. The van der Waals surface area contributed by atoms with Crippen molar-refractivity contribution in [2.45, 2.75) is 32.7 Å². The number of benzene rings is 1. The van der Waals surface area contributed by atoms with E-state index in [0.717, 1.165) is 30.6 Å². The highest BCUT2D eigenvalue weighted by Gasteiger charge is 2.13. The second kappa shape index (κ2) is 5.91. The van der Waals surface area contributed by atoms with Crippen LogP contribution in [-0.2, 0) is 13.0 Å². The predicted octanol–water partition coefficient (Wildman–Crippen LogP) is 3.50. The zero-order chi connectivity index (χ0) is 16.7. The molecule has 0 atom stereocenters. The van der Waals surface area contributed by atoms with Crippen molar-refractivity contribution in [2.75, 3.05) is 0 Å². The molecule has 3 heterocycles. The number of hydrogen-bond acceptors (Lipinski definition) is 3. The lowest BCUT2D eigenvalue weighted by Gasteiger charge is -2.11. The number of hydrogen-bond donors (Lipinski definition) is 1. The van der Waals surface area contributed by atoms with E-state index in [9.17, 15) is 4.79 Å². The Morgan fingerprint density at radius 1 is 1.38 bits per heavy atom. The minimum atomic E-state index is -0.186. The van der Waals surface area contributed by atoms with Gasteiger partial charge in [0.1, 0.15) is 0 Å². The van der Waals surface area contributed by atoms with Crippen molar-refractivity contribution in [3.05, 3.63) is 57.4 Å². The molecule has 1 N–H and O–H groups in total. The first-order chi connectivity index (χ1) is 11.6. The Morgan fingerprint density at radius 3 is 3.08 bits per heavy atom. The molecule has 0 fully saturated rings. The molecule has 0 spiro atoms. The summed E-state index contributed by atoms with van der Waals surface area (Å²) in [6.45, 7) is 2.88. The van der Waals surface area contributed by atoms with E-state index in [1.54, 1.807) is 12.1 Å². The summed E-state index contributed by atoms with van der Waals surface area (Å²) in [5.74, 6) is 0.370. The highest BCUT2D eigenvalue weighted by Crippen LogP contribution is 2.22. The molecule has 1 aromatic carbocycles. The van der Waals surface area contributed by atoms with E-state index in [2.05, 4.69) is 15.1 Å². The minimum absolute atomic E-state index is 0.186. The van der Waals surface area contributed by atoms with Gasteiger partial charge in [0.25, 0.3) is 5.56 Å². The first-order valence-electron chi connectivity index (χ1n) is 8.06. The van der Waals surface area contributed by atoms with Crippen molar-refractivity contribution >= 4 is 33.6 Å². The molecule has 122 valence electrons. The Balaban J connectivity index is 1.77. The number of nitrogens with one attached hydrogen (secondary N) is 1. The summed E-state index contributed by atoms with van der Waals surface area (Å²) in [6.07, 6.45) is 5.16. The summed E-state index contributed by atoms with van der Waals surface area (Å²) in [7, 11) is 0. The molecule has 4 rings (SSSR count). The molecule has 0 unspecified atom stereocenters. The van der Waals surface area contributed by atoms with Crippen molar-refractivity contribution in [3.63, 3.8) is 0 Å². The monoisotopic (exact) mass is 340 g/mol.